The zero-order valence-electron chi connectivity index (χ0n) is 11.3. The van der Waals surface area contributed by atoms with E-state index in [0.717, 1.165) is 36.6 Å². The molecule has 6 heteroatoms. The lowest BCUT2D eigenvalue weighted by Crippen LogP contribution is -2.09. The van der Waals surface area contributed by atoms with E-state index in [1.807, 2.05) is 24.3 Å². The quantitative estimate of drug-likeness (QED) is 0.918. The largest absolute Gasteiger partial charge is 0.497 e. The third kappa shape index (κ3) is 2.28. The molecule has 1 saturated heterocycles. The fourth-order valence-corrected chi connectivity index (χ4v) is 2.48. The molecule has 2 heterocycles. The number of aromatic nitrogens is 3. The summed E-state index contributed by atoms with van der Waals surface area (Å²) in [6, 6.07) is 7.58. The first-order chi connectivity index (χ1) is 9.83. The lowest BCUT2D eigenvalue weighted by molar-refractivity contribution is 0.104. The topological polar surface area (TPSA) is 69.4 Å². The van der Waals surface area contributed by atoms with Gasteiger partial charge in [-0.3, -0.25) is 0 Å². The van der Waals surface area contributed by atoms with E-state index < -0.39 is 0 Å². The second-order valence-electron chi connectivity index (χ2n) is 4.69. The highest BCUT2D eigenvalue weighted by atomic mass is 16.5. The molecule has 0 saturated carbocycles. The molecule has 1 N–H and O–H groups in total. The van der Waals surface area contributed by atoms with Crippen LogP contribution in [0.25, 0.3) is 5.69 Å². The number of hydrogen-bond donors (Lipinski definition) is 1. The molecular formula is C14H17N3O3. The van der Waals surface area contributed by atoms with Gasteiger partial charge in [-0.1, -0.05) is 11.3 Å². The molecule has 1 aromatic heterocycles. The molecule has 1 aliphatic rings. The molecule has 1 aliphatic heterocycles. The molecule has 1 fully saturated rings. The highest BCUT2D eigenvalue weighted by Gasteiger charge is 2.26. The van der Waals surface area contributed by atoms with Gasteiger partial charge in [-0.15, -0.1) is 5.10 Å². The Morgan fingerprint density at radius 2 is 2.40 bits per heavy atom. The molecule has 0 aliphatic carbocycles. The van der Waals surface area contributed by atoms with E-state index in [9.17, 15) is 5.11 Å². The Morgan fingerprint density at radius 3 is 3.10 bits per heavy atom. The van der Waals surface area contributed by atoms with Crippen molar-refractivity contribution in [2.75, 3.05) is 13.7 Å². The van der Waals surface area contributed by atoms with Crippen molar-refractivity contribution in [1.29, 1.82) is 0 Å². The van der Waals surface area contributed by atoms with E-state index in [0.29, 0.717) is 5.69 Å². The molecule has 106 valence electrons. The molecule has 20 heavy (non-hydrogen) atoms. The maximum Gasteiger partial charge on any atom is 0.121 e. The molecule has 0 radical (unpaired) electrons. The maximum atomic E-state index is 9.44. The van der Waals surface area contributed by atoms with Crippen LogP contribution in [0.3, 0.4) is 0 Å². The Hall–Kier alpha value is -1.92. The minimum atomic E-state index is -0.140. The first-order valence-electron chi connectivity index (χ1n) is 6.65. The van der Waals surface area contributed by atoms with Crippen LogP contribution in [0, 0.1) is 0 Å². The van der Waals surface area contributed by atoms with Crippen molar-refractivity contribution in [1.82, 2.24) is 15.0 Å². The molecule has 2 aromatic rings. The summed E-state index contributed by atoms with van der Waals surface area (Å²) in [4.78, 5) is 0. The van der Waals surface area contributed by atoms with E-state index in [4.69, 9.17) is 9.47 Å². The second kappa shape index (κ2) is 5.60. The Balaban J connectivity index is 2.06. The van der Waals surface area contributed by atoms with Crippen molar-refractivity contribution in [2.24, 2.45) is 0 Å². The fourth-order valence-electron chi connectivity index (χ4n) is 2.48. The Bertz CT molecular complexity index is 591. The van der Waals surface area contributed by atoms with Crippen molar-refractivity contribution in [3.8, 4) is 11.4 Å². The predicted octanol–water partition coefficient (Wildman–Crippen LogP) is 1.62. The number of rotatable bonds is 4. The molecule has 3 rings (SSSR count). The van der Waals surface area contributed by atoms with Crippen molar-refractivity contribution >= 4 is 0 Å². The fraction of sp³-hybridized carbons (Fsp3) is 0.429. The number of aliphatic hydroxyl groups is 1. The third-order valence-corrected chi connectivity index (χ3v) is 3.46. The molecule has 0 amide bonds. The first kappa shape index (κ1) is 13.1. The van der Waals surface area contributed by atoms with Crippen LogP contribution in [0.2, 0.25) is 0 Å². The summed E-state index contributed by atoms with van der Waals surface area (Å²) in [5.74, 6) is 0.752. The molecule has 1 atom stereocenters. The standard InChI is InChI=1S/C14H17N3O3/c1-19-11-5-2-4-10(8-11)17-14(12(9-18)15-16-17)13-6-3-7-20-13/h2,4-5,8,13,18H,3,6-7,9H2,1H3. The molecule has 1 aromatic carbocycles. The number of methoxy groups -OCH3 is 1. The van der Waals surface area contributed by atoms with E-state index in [1.165, 1.54) is 0 Å². The van der Waals surface area contributed by atoms with Crippen molar-refractivity contribution in [2.45, 2.75) is 25.6 Å². The number of ether oxygens (including phenoxy) is 2. The van der Waals surface area contributed by atoms with Crippen LogP contribution < -0.4 is 4.74 Å². The zero-order valence-corrected chi connectivity index (χ0v) is 11.3. The van der Waals surface area contributed by atoms with Crippen molar-refractivity contribution < 1.29 is 14.6 Å². The van der Waals surface area contributed by atoms with E-state index in [-0.39, 0.29) is 12.7 Å². The summed E-state index contributed by atoms with van der Waals surface area (Å²) in [5.41, 5.74) is 2.25. The summed E-state index contributed by atoms with van der Waals surface area (Å²) in [7, 11) is 1.63. The minimum Gasteiger partial charge on any atom is -0.497 e. The van der Waals surface area contributed by atoms with Crippen molar-refractivity contribution in [3.63, 3.8) is 0 Å². The first-order valence-corrected chi connectivity index (χ1v) is 6.65. The number of benzene rings is 1. The van der Waals surface area contributed by atoms with Gasteiger partial charge in [0.25, 0.3) is 0 Å². The van der Waals surface area contributed by atoms with Crippen LogP contribution in [0.5, 0.6) is 5.75 Å². The summed E-state index contributed by atoms with van der Waals surface area (Å²) in [5, 5.41) is 17.6. The summed E-state index contributed by atoms with van der Waals surface area (Å²) >= 11 is 0. The van der Waals surface area contributed by atoms with Gasteiger partial charge in [0.15, 0.2) is 0 Å². The van der Waals surface area contributed by atoms with Gasteiger partial charge in [0.2, 0.25) is 0 Å². The van der Waals surface area contributed by atoms with Gasteiger partial charge in [-0.2, -0.15) is 0 Å². The Labute approximate surface area is 116 Å². The molecule has 0 spiro atoms. The van der Waals surface area contributed by atoms with E-state index in [1.54, 1.807) is 11.8 Å². The number of aliphatic hydroxyl groups excluding tert-OH is 1. The average Bonchev–Trinajstić information content (AvgIpc) is 3.15. The van der Waals surface area contributed by atoms with Gasteiger partial charge >= 0.3 is 0 Å². The van der Waals surface area contributed by atoms with Gasteiger partial charge in [0.1, 0.15) is 17.5 Å². The van der Waals surface area contributed by atoms with E-state index in [2.05, 4.69) is 10.3 Å². The van der Waals surface area contributed by atoms with Crippen LogP contribution in [0.4, 0.5) is 0 Å². The molecule has 1 unspecified atom stereocenters. The Kier molecular flexibility index (Phi) is 3.66. The summed E-state index contributed by atoms with van der Waals surface area (Å²) in [6.45, 7) is 0.595. The average molecular weight is 275 g/mol. The van der Waals surface area contributed by atoms with Crippen molar-refractivity contribution in [3.05, 3.63) is 35.7 Å². The van der Waals surface area contributed by atoms with Crippen LogP contribution in [0.1, 0.15) is 30.3 Å². The molecule has 6 nitrogen and oxygen atoms in total. The lowest BCUT2D eigenvalue weighted by Gasteiger charge is -2.13. The smallest absolute Gasteiger partial charge is 0.121 e. The zero-order chi connectivity index (χ0) is 13.9. The highest BCUT2D eigenvalue weighted by Crippen LogP contribution is 2.32. The third-order valence-electron chi connectivity index (χ3n) is 3.46. The SMILES string of the molecule is COc1cccc(-n2nnc(CO)c2C2CCCO2)c1. The van der Waals surface area contributed by atoms with Gasteiger partial charge in [-0.25, -0.2) is 4.68 Å². The summed E-state index contributed by atoms with van der Waals surface area (Å²) < 4.78 is 12.7. The summed E-state index contributed by atoms with van der Waals surface area (Å²) in [6.07, 6.45) is 1.88. The van der Waals surface area contributed by atoms with Gasteiger partial charge in [0.05, 0.1) is 25.1 Å². The second-order valence-corrected chi connectivity index (χ2v) is 4.69. The molecule has 0 bridgehead atoms. The van der Waals surface area contributed by atoms with Crippen LogP contribution in [-0.4, -0.2) is 33.8 Å². The normalized spacial score (nSPS) is 18.4. The highest BCUT2D eigenvalue weighted by molar-refractivity contribution is 5.40. The van der Waals surface area contributed by atoms with Gasteiger partial charge in [0, 0.05) is 12.7 Å². The van der Waals surface area contributed by atoms with Crippen LogP contribution in [0.15, 0.2) is 24.3 Å². The number of hydrogen-bond acceptors (Lipinski definition) is 5. The van der Waals surface area contributed by atoms with Crippen LogP contribution in [-0.2, 0) is 11.3 Å². The van der Waals surface area contributed by atoms with Gasteiger partial charge < -0.3 is 14.6 Å². The maximum absolute atomic E-state index is 9.44. The van der Waals surface area contributed by atoms with Gasteiger partial charge in [-0.05, 0) is 25.0 Å². The lowest BCUT2D eigenvalue weighted by atomic mass is 10.1. The molecular weight excluding hydrogens is 258 g/mol. The van der Waals surface area contributed by atoms with E-state index >= 15 is 0 Å². The number of nitrogens with zero attached hydrogens (tertiary/aromatic N) is 3. The Morgan fingerprint density at radius 1 is 1.50 bits per heavy atom. The monoisotopic (exact) mass is 275 g/mol. The van der Waals surface area contributed by atoms with Crippen LogP contribution >= 0.6 is 0 Å². The minimum absolute atomic E-state index is 0.0571. The predicted molar refractivity (Wildman–Crippen MR) is 71.8 cm³/mol.